The Balaban J connectivity index is 1.67. The van der Waals surface area contributed by atoms with Crippen LogP contribution in [-0.4, -0.2) is 73.8 Å². The molecule has 0 bridgehead atoms. The summed E-state index contributed by atoms with van der Waals surface area (Å²) in [7, 11) is -4.00. The van der Waals surface area contributed by atoms with Crippen LogP contribution in [0.5, 0.6) is 11.5 Å². The number of amides is 1. The lowest BCUT2D eigenvalue weighted by Gasteiger charge is -2.31. The molecule has 2 atom stereocenters. The summed E-state index contributed by atoms with van der Waals surface area (Å²) in [6.07, 6.45) is 0.00370. The third-order valence-electron chi connectivity index (χ3n) is 6.25. The van der Waals surface area contributed by atoms with Gasteiger partial charge in [-0.25, -0.2) is 8.42 Å². The van der Waals surface area contributed by atoms with Gasteiger partial charge in [-0.15, -0.1) is 0 Å². The van der Waals surface area contributed by atoms with Crippen molar-refractivity contribution in [2.75, 3.05) is 38.0 Å². The Morgan fingerprint density at radius 2 is 1.78 bits per heavy atom. The number of carbonyl (C=O) groups excluding carboxylic acids is 2. The van der Waals surface area contributed by atoms with Crippen LogP contribution in [0.4, 0.5) is 0 Å². The number of nitrogens with zero attached hydrogens (tertiary/aromatic N) is 1. The van der Waals surface area contributed by atoms with Crippen LogP contribution in [0.3, 0.4) is 0 Å². The lowest BCUT2D eigenvalue weighted by Crippen LogP contribution is -2.45. The molecule has 1 heterocycles. The second kappa shape index (κ2) is 16.0. The number of hydrogen-bond acceptors (Lipinski definition) is 9. The number of nitrogens with one attached hydrogen (secondary N) is 1. The molecule has 0 aliphatic carbocycles. The van der Waals surface area contributed by atoms with Gasteiger partial charge in [0.05, 0.1) is 23.6 Å². The minimum atomic E-state index is -4.00. The van der Waals surface area contributed by atoms with Crippen molar-refractivity contribution in [3.8, 4) is 11.5 Å². The molecule has 0 saturated heterocycles. The molecule has 41 heavy (non-hydrogen) atoms. The van der Waals surface area contributed by atoms with Crippen molar-refractivity contribution in [1.82, 2.24) is 9.62 Å². The summed E-state index contributed by atoms with van der Waals surface area (Å²) in [6.45, 7) is 5.90. The molecule has 12 heteroatoms. The van der Waals surface area contributed by atoms with E-state index in [1.54, 1.807) is 49.0 Å². The van der Waals surface area contributed by atoms with E-state index in [1.807, 2.05) is 19.9 Å². The molecule has 0 spiro atoms. The first-order valence-corrected chi connectivity index (χ1v) is 16.4. The highest BCUT2D eigenvalue weighted by Crippen LogP contribution is 2.35. The molecule has 0 radical (unpaired) electrons. The summed E-state index contributed by atoms with van der Waals surface area (Å²) in [4.78, 5) is 24.4. The van der Waals surface area contributed by atoms with E-state index in [2.05, 4.69) is 5.32 Å². The fourth-order valence-electron chi connectivity index (χ4n) is 4.30. The monoisotopic (exact) mass is 608 g/mol. The van der Waals surface area contributed by atoms with E-state index in [1.165, 1.54) is 16.4 Å². The average Bonchev–Trinajstić information content (AvgIpc) is 3.42. The lowest BCUT2D eigenvalue weighted by atomic mass is 10.0. The number of esters is 1. The number of rotatable bonds is 17. The summed E-state index contributed by atoms with van der Waals surface area (Å²) in [6, 6.07) is 12.6. The maximum absolute atomic E-state index is 13.7. The number of benzene rings is 2. The van der Waals surface area contributed by atoms with Crippen molar-refractivity contribution in [2.24, 2.45) is 5.92 Å². The third-order valence-corrected chi connectivity index (χ3v) is 9.15. The van der Waals surface area contributed by atoms with Crippen molar-refractivity contribution >= 4 is 33.7 Å². The maximum Gasteiger partial charge on any atom is 0.305 e. The first-order chi connectivity index (χ1) is 19.6. The number of hydrogen-bond donors (Lipinski definition) is 2. The second-order valence-electron chi connectivity index (χ2n) is 10.0. The minimum Gasteiger partial charge on any atom is -0.466 e. The Morgan fingerprint density at radius 3 is 2.49 bits per heavy atom. The molecule has 0 saturated carbocycles. The second-order valence-corrected chi connectivity index (χ2v) is 13.2. The molecule has 0 fully saturated rings. The number of aliphatic hydroxyl groups excluding tert-OH is 1. The fraction of sp³-hybridized carbons (Fsp3) is 0.517. The number of fused-ring (bicyclic) bond motifs is 1. The Bertz CT molecular complexity index is 1240. The SMILES string of the molecule is CCOC(=O)CCCSCCC(=O)N[C@@H](c1ccccc1)[C@H](O)CN(CC(C)C)S(=O)(=O)c1ccc2c(c1)OCO2. The summed E-state index contributed by atoms with van der Waals surface area (Å²) < 4.78 is 44.2. The zero-order valence-electron chi connectivity index (χ0n) is 23.8. The first-order valence-electron chi connectivity index (χ1n) is 13.8. The van der Waals surface area contributed by atoms with E-state index >= 15 is 0 Å². The molecule has 0 aromatic heterocycles. The van der Waals surface area contributed by atoms with Gasteiger partial charge in [0.2, 0.25) is 22.7 Å². The van der Waals surface area contributed by atoms with Crippen molar-refractivity contribution in [3.05, 3.63) is 54.1 Å². The van der Waals surface area contributed by atoms with Crippen LogP contribution in [0.1, 0.15) is 51.6 Å². The molecule has 3 rings (SSSR count). The van der Waals surface area contributed by atoms with Gasteiger partial charge in [-0.1, -0.05) is 44.2 Å². The molecular weight excluding hydrogens is 568 g/mol. The molecule has 1 aliphatic rings. The molecule has 0 unspecified atom stereocenters. The Kier molecular flexibility index (Phi) is 12.8. The molecule has 2 aromatic rings. The number of ether oxygens (including phenoxy) is 3. The van der Waals surface area contributed by atoms with Gasteiger partial charge in [-0.3, -0.25) is 9.59 Å². The Labute approximate surface area is 246 Å². The largest absolute Gasteiger partial charge is 0.466 e. The smallest absolute Gasteiger partial charge is 0.305 e. The standard InChI is InChI=1S/C29H40N2O8S2/c1-4-37-28(34)11-8-15-40-16-14-27(33)30-29(22-9-6-5-7-10-22)24(32)19-31(18-21(2)3)41(35,36)23-12-13-25-26(17-23)39-20-38-25/h5-7,9-10,12-13,17,21,24,29,32H,4,8,11,14-16,18-20H2,1-3H3,(H,30,33)/t24-,29+/m1/s1. The number of carbonyl (C=O) groups is 2. The molecule has 226 valence electrons. The molecular formula is C29H40N2O8S2. The van der Waals surface area contributed by atoms with Crippen LogP contribution in [-0.2, 0) is 24.3 Å². The van der Waals surface area contributed by atoms with Crippen LogP contribution in [0.2, 0.25) is 0 Å². The maximum atomic E-state index is 13.7. The zero-order chi connectivity index (χ0) is 29.8. The third kappa shape index (κ3) is 9.91. The highest BCUT2D eigenvalue weighted by molar-refractivity contribution is 7.99. The van der Waals surface area contributed by atoms with Crippen LogP contribution in [0.25, 0.3) is 0 Å². The van der Waals surface area contributed by atoms with Gasteiger partial charge in [0.25, 0.3) is 0 Å². The van der Waals surface area contributed by atoms with E-state index in [0.29, 0.717) is 42.3 Å². The Hall–Kier alpha value is -2.80. The highest BCUT2D eigenvalue weighted by atomic mass is 32.2. The number of thioether (sulfide) groups is 1. The Morgan fingerprint density at radius 1 is 1.05 bits per heavy atom. The normalized spacial score (nSPS) is 14.2. The molecule has 1 aliphatic heterocycles. The lowest BCUT2D eigenvalue weighted by molar-refractivity contribution is -0.143. The van der Waals surface area contributed by atoms with Crippen molar-refractivity contribution in [2.45, 2.75) is 57.1 Å². The summed E-state index contributed by atoms with van der Waals surface area (Å²) >= 11 is 1.56. The topological polar surface area (TPSA) is 131 Å². The first kappa shape index (κ1) is 32.7. The van der Waals surface area contributed by atoms with Crippen molar-refractivity contribution in [1.29, 1.82) is 0 Å². The van der Waals surface area contributed by atoms with Crippen LogP contribution in [0.15, 0.2) is 53.4 Å². The quantitative estimate of drug-likeness (QED) is 0.204. The summed E-state index contributed by atoms with van der Waals surface area (Å²) in [5.41, 5.74) is 0.667. The minimum absolute atomic E-state index is 0.0170. The molecule has 2 aromatic carbocycles. The van der Waals surface area contributed by atoms with E-state index in [0.717, 1.165) is 5.75 Å². The van der Waals surface area contributed by atoms with E-state index in [4.69, 9.17) is 14.2 Å². The van der Waals surface area contributed by atoms with E-state index in [9.17, 15) is 23.1 Å². The van der Waals surface area contributed by atoms with E-state index < -0.39 is 22.2 Å². The predicted octanol–water partition coefficient (Wildman–Crippen LogP) is 3.75. The van der Waals surface area contributed by atoms with Gasteiger partial charge in [0.15, 0.2) is 11.5 Å². The summed E-state index contributed by atoms with van der Waals surface area (Å²) in [5.74, 6) is 1.59. The number of aliphatic hydroxyl groups is 1. The number of sulfonamides is 1. The fourth-order valence-corrected chi connectivity index (χ4v) is 6.82. The van der Waals surface area contributed by atoms with Gasteiger partial charge >= 0.3 is 5.97 Å². The van der Waals surface area contributed by atoms with Gasteiger partial charge in [0.1, 0.15) is 0 Å². The van der Waals surface area contributed by atoms with Crippen LogP contribution in [0, 0.1) is 5.92 Å². The van der Waals surface area contributed by atoms with Crippen molar-refractivity contribution in [3.63, 3.8) is 0 Å². The molecule has 1 amide bonds. The van der Waals surface area contributed by atoms with Crippen LogP contribution < -0.4 is 14.8 Å². The van der Waals surface area contributed by atoms with Crippen molar-refractivity contribution < 1.29 is 37.3 Å². The summed E-state index contributed by atoms with van der Waals surface area (Å²) in [5, 5.41) is 14.3. The van der Waals surface area contributed by atoms with Crippen LogP contribution >= 0.6 is 11.8 Å². The average molecular weight is 609 g/mol. The predicted molar refractivity (Wildman–Crippen MR) is 157 cm³/mol. The molecule has 10 nitrogen and oxygen atoms in total. The highest BCUT2D eigenvalue weighted by Gasteiger charge is 2.32. The molecule has 2 N–H and O–H groups in total. The van der Waals surface area contributed by atoms with Gasteiger partial charge in [-0.05, 0) is 42.7 Å². The van der Waals surface area contributed by atoms with E-state index in [-0.39, 0.29) is 49.0 Å². The van der Waals surface area contributed by atoms with Gasteiger partial charge in [0, 0.05) is 37.8 Å². The van der Waals surface area contributed by atoms with Gasteiger partial charge in [-0.2, -0.15) is 16.1 Å². The van der Waals surface area contributed by atoms with Gasteiger partial charge < -0.3 is 24.6 Å². The zero-order valence-corrected chi connectivity index (χ0v) is 25.4.